The number of rotatable bonds is 10. The van der Waals surface area contributed by atoms with Crippen molar-refractivity contribution in [2.24, 2.45) is 0 Å². The van der Waals surface area contributed by atoms with Crippen LogP contribution in [-0.4, -0.2) is 49.8 Å². The summed E-state index contributed by atoms with van der Waals surface area (Å²) in [5.74, 6) is 1.91. The SMILES string of the molecule is CC(C)Oc1cccc(OC(C)C)c1-c1ccccc1P(C1CCCCC1)C1CCCCC1.CNc1ccccc1-c1ccccc1.CS(=O)(=O)O. The summed E-state index contributed by atoms with van der Waals surface area (Å²) in [7, 11) is -1.93. The first kappa shape index (κ1) is 41.4. The fraction of sp³-hybridized carbons (Fsp3) is 0.455. The van der Waals surface area contributed by atoms with Crippen LogP contribution in [0.25, 0.3) is 22.3 Å². The number of ether oxygens (including phenoxy) is 2. The van der Waals surface area contributed by atoms with Crippen molar-refractivity contribution in [1.82, 2.24) is 0 Å². The molecular formula is C44H60NO5PS. The summed E-state index contributed by atoms with van der Waals surface area (Å²) in [5.41, 5.74) is 7.91. The van der Waals surface area contributed by atoms with Crippen molar-refractivity contribution in [3.05, 3.63) is 97.1 Å². The van der Waals surface area contributed by atoms with Gasteiger partial charge in [-0.15, -0.1) is 0 Å². The molecule has 4 aromatic rings. The molecule has 0 heterocycles. The minimum atomic E-state index is -3.67. The standard InChI is InChI=1S/C30H43O2P.C13H13N.CH4O3S/c1-22(2)31-27-19-13-20-28(32-23(3)4)30(27)26-18-11-12-21-29(26)33(24-14-7-5-8-15-24)25-16-9-6-10-17-25;1-14-13-10-6-5-9-12(13)11-7-3-2-4-8-11;1-5(2,3)4/h11-13,18-25H,5-10,14-17H2,1-4H3;2-10,14H,1H3;1H3,(H,2,3,4). The predicted molar refractivity (Wildman–Crippen MR) is 223 cm³/mol. The highest BCUT2D eigenvalue weighted by molar-refractivity contribution is 7.85. The maximum Gasteiger partial charge on any atom is 0.261 e. The van der Waals surface area contributed by atoms with E-state index < -0.39 is 10.1 Å². The molecular weight excluding hydrogens is 686 g/mol. The van der Waals surface area contributed by atoms with Crippen LogP contribution in [0, 0.1) is 0 Å². The predicted octanol–water partition coefficient (Wildman–Crippen LogP) is 11.6. The first-order chi connectivity index (χ1) is 25.0. The summed E-state index contributed by atoms with van der Waals surface area (Å²) in [6.07, 6.45) is 15.1. The summed E-state index contributed by atoms with van der Waals surface area (Å²) in [6.45, 7) is 8.45. The maximum atomic E-state index is 9.19. The van der Waals surface area contributed by atoms with Gasteiger partial charge in [0.25, 0.3) is 10.1 Å². The van der Waals surface area contributed by atoms with Crippen molar-refractivity contribution in [3.63, 3.8) is 0 Å². The third-order valence-corrected chi connectivity index (χ3v) is 12.9. The number of nitrogens with one attached hydrogen (secondary N) is 1. The van der Waals surface area contributed by atoms with Gasteiger partial charge in [0.2, 0.25) is 0 Å². The quantitative estimate of drug-likeness (QED) is 0.124. The first-order valence-corrected chi connectivity index (χ1v) is 22.4. The average Bonchev–Trinajstić information content (AvgIpc) is 3.13. The Morgan fingerprint density at radius 2 is 1.08 bits per heavy atom. The Morgan fingerprint density at radius 1 is 0.635 bits per heavy atom. The Morgan fingerprint density at radius 3 is 1.56 bits per heavy atom. The minimum absolute atomic E-state index is 0.128. The molecule has 0 spiro atoms. The van der Waals surface area contributed by atoms with Crippen molar-refractivity contribution in [2.75, 3.05) is 18.6 Å². The molecule has 52 heavy (non-hydrogen) atoms. The Bertz CT molecular complexity index is 1700. The molecule has 6 rings (SSSR count). The Labute approximate surface area is 315 Å². The molecule has 2 aliphatic carbocycles. The van der Waals surface area contributed by atoms with Crippen LogP contribution in [0.2, 0.25) is 0 Å². The van der Waals surface area contributed by atoms with Gasteiger partial charge < -0.3 is 14.8 Å². The van der Waals surface area contributed by atoms with E-state index in [-0.39, 0.29) is 20.1 Å². The smallest absolute Gasteiger partial charge is 0.261 e. The van der Waals surface area contributed by atoms with Gasteiger partial charge in [-0.2, -0.15) is 8.42 Å². The molecule has 6 nitrogen and oxygen atoms in total. The molecule has 2 N–H and O–H groups in total. The van der Waals surface area contributed by atoms with Gasteiger partial charge in [-0.3, -0.25) is 4.55 Å². The zero-order chi connectivity index (χ0) is 37.5. The Balaban J connectivity index is 0.000000261. The van der Waals surface area contributed by atoms with Crippen LogP contribution >= 0.6 is 7.92 Å². The molecule has 2 fully saturated rings. The lowest BCUT2D eigenvalue weighted by Crippen LogP contribution is -2.27. The van der Waals surface area contributed by atoms with Crippen molar-refractivity contribution < 1.29 is 22.4 Å². The molecule has 0 saturated heterocycles. The molecule has 0 atom stereocenters. The number of para-hydroxylation sites is 1. The lowest BCUT2D eigenvalue weighted by Gasteiger charge is -2.39. The van der Waals surface area contributed by atoms with Gasteiger partial charge in [0.1, 0.15) is 11.5 Å². The van der Waals surface area contributed by atoms with Crippen LogP contribution in [-0.2, 0) is 10.1 Å². The summed E-state index contributed by atoms with van der Waals surface area (Å²) in [5, 5.41) is 4.79. The van der Waals surface area contributed by atoms with Crippen LogP contribution in [0.5, 0.6) is 11.5 Å². The van der Waals surface area contributed by atoms with Gasteiger partial charge in [-0.05, 0) is 99.3 Å². The molecule has 0 unspecified atom stereocenters. The van der Waals surface area contributed by atoms with E-state index >= 15 is 0 Å². The fourth-order valence-corrected chi connectivity index (χ4v) is 11.3. The van der Waals surface area contributed by atoms with E-state index in [9.17, 15) is 8.42 Å². The second-order valence-electron chi connectivity index (χ2n) is 14.4. The zero-order valence-corrected chi connectivity index (χ0v) is 33.8. The van der Waals surface area contributed by atoms with Gasteiger partial charge in [0.15, 0.2) is 0 Å². The van der Waals surface area contributed by atoms with Gasteiger partial charge in [0, 0.05) is 18.3 Å². The van der Waals surface area contributed by atoms with Crippen LogP contribution in [0.1, 0.15) is 91.9 Å². The van der Waals surface area contributed by atoms with E-state index in [1.54, 1.807) is 5.30 Å². The molecule has 0 radical (unpaired) electrons. The third kappa shape index (κ3) is 12.9. The normalized spacial score (nSPS) is 15.3. The molecule has 8 heteroatoms. The largest absolute Gasteiger partial charge is 0.490 e. The topological polar surface area (TPSA) is 84.9 Å². The lowest BCUT2D eigenvalue weighted by molar-refractivity contribution is 0.231. The van der Waals surface area contributed by atoms with Crippen LogP contribution in [0.3, 0.4) is 0 Å². The van der Waals surface area contributed by atoms with E-state index in [0.717, 1.165) is 28.4 Å². The van der Waals surface area contributed by atoms with Crippen LogP contribution in [0.4, 0.5) is 5.69 Å². The highest BCUT2D eigenvalue weighted by Gasteiger charge is 2.34. The molecule has 4 aromatic carbocycles. The highest BCUT2D eigenvalue weighted by Crippen LogP contribution is 2.57. The van der Waals surface area contributed by atoms with E-state index in [0.29, 0.717) is 6.26 Å². The molecule has 2 saturated carbocycles. The van der Waals surface area contributed by atoms with Gasteiger partial charge in [0.05, 0.1) is 24.0 Å². The van der Waals surface area contributed by atoms with Crippen molar-refractivity contribution in [2.45, 2.75) is 115 Å². The summed E-state index contributed by atoms with van der Waals surface area (Å²) < 4.78 is 38.6. The van der Waals surface area contributed by atoms with Crippen LogP contribution in [0.15, 0.2) is 97.1 Å². The minimum Gasteiger partial charge on any atom is -0.490 e. The van der Waals surface area contributed by atoms with Gasteiger partial charge >= 0.3 is 0 Å². The number of anilines is 1. The molecule has 0 bridgehead atoms. The fourth-order valence-electron chi connectivity index (χ4n) is 7.37. The van der Waals surface area contributed by atoms with Crippen LogP contribution < -0.4 is 20.1 Å². The van der Waals surface area contributed by atoms with E-state index in [1.165, 1.54) is 86.6 Å². The summed E-state index contributed by atoms with van der Waals surface area (Å²) in [6, 6.07) is 34.3. The first-order valence-electron chi connectivity index (χ1n) is 19.0. The average molecular weight is 746 g/mol. The van der Waals surface area contributed by atoms with Crippen molar-refractivity contribution in [1.29, 1.82) is 0 Å². The molecule has 2 aliphatic rings. The second kappa shape index (κ2) is 20.8. The van der Waals surface area contributed by atoms with E-state index in [2.05, 4.69) is 118 Å². The second-order valence-corrected chi connectivity index (χ2v) is 18.6. The highest BCUT2D eigenvalue weighted by atomic mass is 32.2. The number of hydrogen-bond acceptors (Lipinski definition) is 5. The maximum absolute atomic E-state index is 9.19. The van der Waals surface area contributed by atoms with E-state index in [1.807, 2.05) is 19.2 Å². The van der Waals surface area contributed by atoms with Gasteiger partial charge in [-0.1, -0.05) is 125 Å². The Hall–Kier alpha value is -3.38. The van der Waals surface area contributed by atoms with Gasteiger partial charge in [-0.25, -0.2) is 0 Å². The van der Waals surface area contributed by atoms with Crippen molar-refractivity contribution in [3.8, 4) is 33.8 Å². The molecule has 0 amide bonds. The monoisotopic (exact) mass is 745 g/mol. The summed E-state index contributed by atoms with van der Waals surface area (Å²) >= 11 is 0. The number of benzene rings is 4. The van der Waals surface area contributed by atoms with E-state index in [4.69, 9.17) is 14.0 Å². The zero-order valence-electron chi connectivity index (χ0n) is 32.1. The molecule has 0 aliphatic heterocycles. The molecule has 282 valence electrons. The van der Waals surface area contributed by atoms with Crippen molar-refractivity contribution >= 4 is 29.0 Å². The molecule has 0 aromatic heterocycles. The summed E-state index contributed by atoms with van der Waals surface area (Å²) in [4.78, 5) is 0. The lowest BCUT2D eigenvalue weighted by atomic mass is 9.99. The Kier molecular flexibility index (Phi) is 16.5. The number of hydrogen-bond donors (Lipinski definition) is 2. The third-order valence-electron chi connectivity index (χ3n) is 9.38.